The van der Waals surface area contributed by atoms with Gasteiger partial charge in [0.25, 0.3) is 0 Å². The van der Waals surface area contributed by atoms with Gasteiger partial charge in [-0.3, -0.25) is 0 Å². The van der Waals surface area contributed by atoms with E-state index in [-0.39, 0.29) is 6.03 Å². The van der Waals surface area contributed by atoms with Crippen molar-refractivity contribution < 1.29 is 14.6 Å². The monoisotopic (exact) mass is 334 g/mol. The van der Waals surface area contributed by atoms with Crippen LogP contribution in [-0.2, 0) is 6.54 Å². The Morgan fingerprint density at radius 2 is 1.96 bits per heavy atom. The second-order valence-electron chi connectivity index (χ2n) is 6.74. The number of nitrogens with one attached hydrogen (secondary N) is 1. The first kappa shape index (κ1) is 18.6. The Kier molecular flexibility index (Phi) is 7.37. The van der Waals surface area contributed by atoms with E-state index < -0.39 is 6.10 Å². The van der Waals surface area contributed by atoms with E-state index in [9.17, 15) is 9.90 Å². The van der Waals surface area contributed by atoms with Crippen molar-refractivity contribution in [2.75, 3.05) is 13.6 Å². The zero-order valence-corrected chi connectivity index (χ0v) is 14.8. The Bertz CT molecular complexity index is 496. The summed E-state index contributed by atoms with van der Waals surface area (Å²) in [5, 5.41) is 12.2. The van der Waals surface area contributed by atoms with Gasteiger partial charge in [0.2, 0.25) is 0 Å². The van der Waals surface area contributed by atoms with Crippen LogP contribution < -0.4 is 10.1 Å². The molecule has 1 aliphatic carbocycles. The predicted molar refractivity (Wildman–Crippen MR) is 95.1 cm³/mol. The molecule has 0 radical (unpaired) electrons. The number of carbonyl (C=O) groups is 1. The van der Waals surface area contributed by atoms with Crippen molar-refractivity contribution in [3.8, 4) is 5.75 Å². The minimum atomic E-state index is -0.392. The van der Waals surface area contributed by atoms with Crippen molar-refractivity contribution >= 4 is 6.03 Å². The van der Waals surface area contributed by atoms with Gasteiger partial charge in [0.1, 0.15) is 5.75 Å². The van der Waals surface area contributed by atoms with Crippen molar-refractivity contribution in [1.82, 2.24) is 10.2 Å². The Morgan fingerprint density at radius 3 is 2.58 bits per heavy atom. The molecule has 0 saturated heterocycles. The molecule has 1 aromatic rings. The Morgan fingerprint density at radius 1 is 1.29 bits per heavy atom. The first-order valence-corrected chi connectivity index (χ1v) is 8.97. The molecule has 1 atom stereocenters. The molecule has 1 aliphatic rings. The lowest BCUT2D eigenvalue weighted by atomic mass is 9.98. The van der Waals surface area contributed by atoms with Crippen LogP contribution in [0.3, 0.4) is 0 Å². The molecular formula is C19H30N2O3. The van der Waals surface area contributed by atoms with E-state index in [1.807, 2.05) is 24.3 Å². The lowest BCUT2D eigenvalue weighted by molar-refractivity contribution is 0.155. The number of nitrogens with zero attached hydrogens (tertiary/aromatic N) is 1. The topological polar surface area (TPSA) is 61.8 Å². The van der Waals surface area contributed by atoms with Crippen LogP contribution in [0.15, 0.2) is 24.3 Å². The van der Waals surface area contributed by atoms with Gasteiger partial charge in [-0.05, 0) is 56.7 Å². The summed E-state index contributed by atoms with van der Waals surface area (Å²) in [6.07, 6.45) is 6.69. The number of benzene rings is 1. The quantitative estimate of drug-likeness (QED) is 0.804. The van der Waals surface area contributed by atoms with Gasteiger partial charge in [-0.15, -0.1) is 0 Å². The van der Waals surface area contributed by atoms with Gasteiger partial charge in [0.05, 0.1) is 12.2 Å². The normalized spacial score (nSPS) is 16.5. The molecule has 5 heteroatoms. The minimum Gasteiger partial charge on any atom is -0.490 e. The summed E-state index contributed by atoms with van der Waals surface area (Å²) in [5.74, 6) is 0.908. The third kappa shape index (κ3) is 6.40. The maximum Gasteiger partial charge on any atom is 0.317 e. The Labute approximate surface area is 145 Å². The van der Waals surface area contributed by atoms with E-state index in [1.165, 1.54) is 19.3 Å². The molecule has 5 nitrogen and oxygen atoms in total. The van der Waals surface area contributed by atoms with Crippen molar-refractivity contribution in [2.24, 2.45) is 0 Å². The van der Waals surface area contributed by atoms with Crippen molar-refractivity contribution in [2.45, 2.75) is 64.2 Å². The molecule has 0 bridgehead atoms. The molecule has 24 heavy (non-hydrogen) atoms. The van der Waals surface area contributed by atoms with Gasteiger partial charge in [0, 0.05) is 20.1 Å². The summed E-state index contributed by atoms with van der Waals surface area (Å²) >= 11 is 0. The average molecular weight is 334 g/mol. The fourth-order valence-electron chi connectivity index (χ4n) is 2.86. The fourth-order valence-corrected chi connectivity index (χ4v) is 2.86. The van der Waals surface area contributed by atoms with Crippen LogP contribution in [0.2, 0.25) is 0 Å². The van der Waals surface area contributed by atoms with E-state index in [2.05, 4.69) is 5.32 Å². The van der Waals surface area contributed by atoms with E-state index in [1.54, 1.807) is 18.9 Å². The number of aliphatic hydroxyl groups excluding tert-OH is 1. The number of hydrogen-bond acceptors (Lipinski definition) is 3. The number of rotatable bonds is 7. The highest BCUT2D eigenvalue weighted by Crippen LogP contribution is 2.23. The van der Waals surface area contributed by atoms with Gasteiger partial charge < -0.3 is 20.1 Å². The Balaban J connectivity index is 1.73. The molecule has 1 aromatic carbocycles. The van der Waals surface area contributed by atoms with Gasteiger partial charge in [-0.1, -0.05) is 18.6 Å². The molecule has 0 spiro atoms. The summed E-state index contributed by atoms with van der Waals surface area (Å²) in [6.45, 7) is 2.75. The average Bonchev–Trinajstić information content (AvgIpc) is 2.59. The van der Waals surface area contributed by atoms with Crippen molar-refractivity contribution in [1.29, 1.82) is 0 Å². The first-order valence-electron chi connectivity index (χ1n) is 8.97. The number of urea groups is 1. The molecule has 0 aromatic heterocycles. The molecule has 0 aliphatic heterocycles. The summed E-state index contributed by atoms with van der Waals surface area (Å²) in [4.78, 5) is 13.6. The second kappa shape index (κ2) is 9.52. The van der Waals surface area contributed by atoms with Gasteiger partial charge in [-0.2, -0.15) is 0 Å². The third-order valence-electron chi connectivity index (χ3n) is 4.45. The number of aliphatic hydroxyl groups is 1. The van der Waals surface area contributed by atoms with Gasteiger partial charge >= 0.3 is 6.03 Å². The third-order valence-corrected chi connectivity index (χ3v) is 4.45. The molecule has 1 unspecified atom stereocenters. The van der Waals surface area contributed by atoms with Crippen LogP contribution in [0.4, 0.5) is 4.79 Å². The molecule has 1 fully saturated rings. The highest BCUT2D eigenvalue weighted by Gasteiger charge is 2.14. The minimum absolute atomic E-state index is 0.127. The molecule has 2 rings (SSSR count). The smallest absolute Gasteiger partial charge is 0.317 e. The molecule has 0 heterocycles. The lowest BCUT2D eigenvalue weighted by Gasteiger charge is -2.23. The van der Waals surface area contributed by atoms with Crippen molar-refractivity contribution in [3.05, 3.63) is 29.8 Å². The van der Waals surface area contributed by atoms with Gasteiger partial charge in [-0.25, -0.2) is 4.79 Å². The molecule has 1 saturated carbocycles. The number of amides is 2. The fraction of sp³-hybridized carbons (Fsp3) is 0.632. The van der Waals surface area contributed by atoms with Crippen LogP contribution >= 0.6 is 0 Å². The first-order chi connectivity index (χ1) is 11.5. The van der Waals surface area contributed by atoms with Crippen molar-refractivity contribution in [3.63, 3.8) is 0 Å². The second-order valence-corrected chi connectivity index (χ2v) is 6.74. The molecule has 134 valence electrons. The molecular weight excluding hydrogens is 304 g/mol. The maximum atomic E-state index is 12.0. The van der Waals surface area contributed by atoms with E-state index >= 15 is 0 Å². The van der Waals surface area contributed by atoms with Crippen LogP contribution in [0, 0.1) is 0 Å². The standard InChI is InChI=1S/C19H30N2O3/c1-15(22)12-13-21(2)19(23)20-14-16-8-10-18(11-9-16)24-17-6-4-3-5-7-17/h8-11,15,17,22H,3-7,12-14H2,1-2H3,(H,20,23). The van der Waals surface area contributed by atoms with Crippen LogP contribution in [0.1, 0.15) is 51.0 Å². The predicted octanol–water partition coefficient (Wildman–Crippen LogP) is 3.31. The molecule has 2 N–H and O–H groups in total. The maximum absolute atomic E-state index is 12.0. The van der Waals surface area contributed by atoms with Crippen LogP contribution in [0.5, 0.6) is 5.75 Å². The van der Waals surface area contributed by atoms with E-state index in [0.717, 1.165) is 24.2 Å². The van der Waals surface area contributed by atoms with E-state index in [4.69, 9.17) is 4.74 Å². The zero-order valence-electron chi connectivity index (χ0n) is 14.8. The summed E-state index contributed by atoms with van der Waals surface area (Å²) in [5.41, 5.74) is 1.04. The highest BCUT2D eigenvalue weighted by atomic mass is 16.5. The lowest BCUT2D eigenvalue weighted by Crippen LogP contribution is -2.38. The van der Waals surface area contributed by atoms with E-state index in [0.29, 0.717) is 25.6 Å². The zero-order chi connectivity index (χ0) is 17.4. The molecule has 2 amide bonds. The highest BCUT2D eigenvalue weighted by molar-refractivity contribution is 5.73. The largest absolute Gasteiger partial charge is 0.490 e. The van der Waals surface area contributed by atoms with Crippen LogP contribution in [-0.4, -0.2) is 41.8 Å². The number of hydrogen-bond donors (Lipinski definition) is 2. The SMILES string of the molecule is CC(O)CCN(C)C(=O)NCc1ccc(OC2CCCCC2)cc1. The van der Waals surface area contributed by atoms with Gasteiger partial charge in [0.15, 0.2) is 0 Å². The summed E-state index contributed by atoms with van der Waals surface area (Å²) < 4.78 is 6.01. The number of carbonyl (C=O) groups excluding carboxylic acids is 1. The van der Waals surface area contributed by atoms with Crippen LogP contribution in [0.25, 0.3) is 0 Å². The summed E-state index contributed by atoms with van der Waals surface area (Å²) in [6, 6.07) is 7.82. The summed E-state index contributed by atoms with van der Waals surface area (Å²) in [7, 11) is 1.73. The number of ether oxygens (including phenoxy) is 1. The Hall–Kier alpha value is -1.75.